The van der Waals surface area contributed by atoms with Crippen LogP contribution in [0.15, 0.2) is 36.5 Å². The topological polar surface area (TPSA) is 20.3 Å². The van der Waals surface area contributed by atoms with Gasteiger partial charge in [-0.25, -0.2) is 0 Å². The molecule has 1 aliphatic heterocycles. The summed E-state index contributed by atoms with van der Waals surface area (Å²) in [5, 5.41) is 0. The van der Waals surface area contributed by atoms with Gasteiger partial charge in [0.25, 0.3) is 0 Å². The van der Waals surface area contributed by atoms with Crippen LogP contribution in [0.3, 0.4) is 0 Å². The summed E-state index contributed by atoms with van der Waals surface area (Å²) in [5.41, 5.74) is 2.24. The first kappa shape index (κ1) is 8.05. The SMILES string of the molecule is CN1C=C(c2ccccc2)CC1=O. The highest BCUT2D eigenvalue weighted by Gasteiger charge is 2.18. The van der Waals surface area contributed by atoms with Gasteiger partial charge in [-0.15, -0.1) is 0 Å². The molecule has 0 aromatic heterocycles. The molecule has 0 radical (unpaired) electrons. The molecular formula is C11H11NO. The monoisotopic (exact) mass is 173 g/mol. The van der Waals surface area contributed by atoms with Gasteiger partial charge in [0.2, 0.25) is 5.91 Å². The number of nitrogens with zero attached hydrogens (tertiary/aromatic N) is 1. The highest BCUT2D eigenvalue weighted by atomic mass is 16.2. The Hall–Kier alpha value is -1.57. The van der Waals surface area contributed by atoms with Gasteiger partial charge in [0, 0.05) is 13.2 Å². The highest BCUT2D eigenvalue weighted by molar-refractivity contribution is 5.94. The summed E-state index contributed by atoms with van der Waals surface area (Å²) in [7, 11) is 1.79. The van der Waals surface area contributed by atoms with Gasteiger partial charge >= 0.3 is 0 Å². The molecule has 0 N–H and O–H groups in total. The van der Waals surface area contributed by atoms with E-state index in [1.165, 1.54) is 0 Å². The number of rotatable bonds is 1. The Balaban J connectivity index is 2.30. The third-order valence-electron chi connectivity index (χ3n) is 2.23. The van der Waals surface area contributed by atoms with Crippen LogP contribution in [0.5, 0.6) is 0 Å². The molecule has 1 aromatic carbocycles. The number of benzene rings is 1. The van der Waals surface area contributed by atoms with E-state index < -0.39 is 0 Å². The lowest BCUT2D eigenvalue weighted by Crippen LogP contribution is -2.13. The third kappa shape index (κ3) is 1.47. The predicted octanol–water partition coefficient (Wildman–Crippen LogP) is 1.89. The maximum atomic E-state index is 11.2. The summed E-state index contributed by atoms with van der Waals surface area (Å²) < 4.78 is 0. The van der Waals surface area contributed by atoms with Crippen molar-refractivity contribution >= 4 is 11.5 Å². The Morgan fingerprint density at radius 2 is 1.92 bits per heavy atom. The minimum absolute atomic E-state index is 0.166. The lowest BCUT2D eigenvalue weighted by atomic mass is 10.1. The molecule has 0 fully saturated rings. The van der Waals surface area contributed by atoms with Crippen molar-refractivity contribution in [2.45, 2.75) is 6.42 Å². The zero-order valence-corrected chi connectivity index (χ0v) is 7.53. The third-order valence-corrected chi connectivity index (χ3v) is 2.23. The number of hydrogen-bond acceptors (Lipinski definition) is 1. The fourth-order valence-electron chi connectivity index (χ4n) is 1.47. The molecule has 0 atom stereocenters. The Morgan fingerprint density at radius 1 is 1.23 bits per heavy atom. The Morgan fingerprint density at radius 3 is 2.46 bits per heavy atom. The fourth-order valence-corrected chi connectivity index (χ4v) is 1.47. The molecule has 2 heteroatoms. The van der Waals surface area contributed by atoms with Crippen molar-refractivity contribution in [3.05, 3.63) is 42.1 Å². The summed E-state index contributed by atoms with van der Waals surface area (Å²) >= 11 is 0. The fraction of sp³-hybridized carbons (Fsp3) is 0.182. The van der Waals surface area contributed by atoms with Crippen LogP contribution < -0.4 is 0 Å². The van der Waals surface area contributed by atoms with Crippen molar-refractivity contribution in [3.8, 4) is 0 Å². The molecule has 0 unspecified atom stereocenters. The van der Waals surface area contributed by atoms with Gasteiger partial charge in [-0.05, 0) is 11.1 Å². The highest BCUT2D eigenvalue weighted by Crippen LogP contribution is 2.24. The molecule has 0 saturated carbocycles. The first-order chi connectivity index (χ1) is 6.27. The number of carbonyl (C=O) groups is 1. The Bertz CT molecular complexity index is 354. The van der Waals surface area contributed by atoms with Crippen LogP contribution in [0.25, 0.3) is 5.57 Å². The van der Waals surface area contributed by atoms with E-state index in [1.807, 2.05) is 36.5 Å². The first-order valence-electron chi connectivity index (χ1n) is 4.29. The molecule has 2 rings (SSSR count). The van der Waals surface area contributed by atoms with Gasteiger partial charge in [-0.1, -0.05) is 30.3 Å². The van der Waals surface area contributed by atoms with E-state index in [0.29, 0.717) is 6.42 Å². The molecule has 0 spiro atoms. The molecule has 66 valence electrons. The molecule has 0 saturated heterocycles. The summed E-state index contributed by atoms with van der Waals surface area (Å²) in [6, 6.07) is 10.00. The van der Waals surface area contributed by atoms with Gasteiger partial charge in [0.05, 0.1) is 6.42 Å². The average molecular weight is 173 g/mol. The number of hydrogen-bond donors (Lipinski definition) is 0. The predicted molar refractivity (Wildman–Crippen MR) is 51.8 cm³/mol. The maximum absolute atomic E-state index is 11.2. The molecule has 1 aliphatic rings. The Labute approximate surface area is 77.5 Å². The molecule has 1 amide bonds. The molecule has 1 aromatic rings. The lowest BCUT2D eigenvalue weighted by Gasteiger charge is -2.00. The van der Waals surface area contributed by atoms with Crippen LogP contribution in [-0.4, -0.2) is 17.9 Å². The van der Waals surface area contributed by atoms with Crippen LogP contribution in [0.4, 0.5) is 0 Å². The van der Waals surface area contributed by atoms with Crippen molar-refractivity contribution in [1.29, 1.82) is 0 Å². The standard InChI is InChI=1S/C11H11NO/c1-12-8-10(7-11(12)13)9-5-3-2-4-6-9/h2-6,8H,7H2,1H3. The summed E-state index contributed by atoms with van der Waals surface area (Å²) in [4.78, 5) is 12.9. The van der Waals surface area contributed by atoms with E-state index in [-0.39, 0.29) is 5.91 Å². The summed E-state index contributed by atoms with van der Waals surface area (Å²) in [6.45, 7) is 0. The molecule has 13 heavy (non-hydrogen) atoms. The normalized spacial score (nSPS) is 16.2. The second kappa shape index (κ2) is 3.05. The van der Waals surface area contributed by atoms with Gasteiger partial charge in [-0.3, -0.25) is 4.79 Å². The van der Waals surface area contributed by atoms with E-state index in [1.54, 1.807) is 11.9 Å². The van der Waals surface area contributed by atoms with Crippen LogP contribution in [0, 0.1) is 0 Å². The van der Waals surface area contributed by atoms with E-state index in [4.69, 9.17) is 0 Å². The van der Waals surface area contributed by atoms with Crippen LogP contribution >= 0.6 is 0 Å². The second-order valence-electron chi connectivity index (χ2n) is 3.20. The molecule has 1 heterocycles. The first-order valence-corrected chi connectivity index (χ1v) is 4.29. The van der Waals surface area contributed by atoms with Gasteiger partial charge < -0.3 is 4.90 Å². The maximum Gasteiger partial charge on any atom is 0.230 e. The smallest absolute Gasteiger partial charge is 0.230 e. The van der Waals surface area contributed by atoms with Gasteiger partial charge in [-0.2, -0.15) is 0 Å². The van der Waals surface area contributed by atoms with Crippen molar-refractivity contribution in [3.63, 3.8) is 0 Å². The van der Waals surface area contributed by atoms with Crippen LogP contribution in [0.2, 0.25) is 0 Å². The average Bonchev–Trinajstić information content (AvgIpc) is 2.49. The molecule has 2 nitrogen and oxygen atoms in total. The van der Waals surface area contributed by atoms with Crippen molar-refractivity contribution in [2.24, 2.45) is 0 Å². The van der Waals surface area contributed by atoms with E-state index in [9.17, 15) is 4.79 Å². The molecule has 0 bridgehead atoms. The summed E-state index contributed by atoms with van der Waals surface area (Å²) in [5.74, 6) is 0.166. The molecular weight excluding hydrogens is 162 g/mol. The van der Waals surface area contributed by atoms with E-state index in [0.717, 1.165) is 11.1 Å². The van der Waals surface area contributed by atoms with E-state index >= 15 is 0 Å². The van der Waals surface area contributed by atoms with E-state index in [2.05, 4.69) is 0 Å². The Kier molecular flexibility index (Phi) is 1.89. The zero-order chi connectivity index (χ0) is 9.26. The van der Waals surface area contributed by atoms with Crippen LogP contribution in [0.1, 0.15) is 12.0 Å². The van der Waals surface area contributed by atoms with Gasteiger partial charge in [0.15, 0.2) is 0 Å². The number of carbonyl (C=O) groups excluding carboxylic acids is 1. The largest absolute Gasteiger partial charge is 0.322 e. The number of amides is 1. The molecule has 0 aliphatic carbocycles. The minimum Gasteiger partial charge on any atom is -0.322 e. The zero-order valence-electron chi connectivity index (χ0n) is 7.53. The quantitative estimate of drug-likeness (QED) is 0.635. The van der Waals surface area contributed by atoms with Crippen LogP contribution in [-0.2, 0) is 4.79 Å². The van der Waals surface area contributed by atoms with Gasteiger partial charge in [0.1, 0.15) is 0 Å². The van der Waals surface area contributed by atoms with Crippen molar-refractivity contribution in [1.82, 2.24) is 4.90 Å². The van der Waals surface area contributed by atoms with Crippen molar-refractivity contribution < 1.29 is 4.79 Å². The van der Waals surface area contributed by atoms with Crippen molar-refractivity contribution in [2.75, 3.05) is 7.05 Å². The minimum atomic E-state index is 0.166. The summed E-state index contributed by atoms with van der Waals surface area (Å²) in [6.07, 6.45) is 2.43. The lowest BCUT2D eigenvalue weighted by molar-refractivity contribution is -0.125. The second-order valence-corrected chi connectivity index (χ2v) is 3.20.